The summed E-state index contributed by atoms with van der Waals surface area (Å²) in [5, 5.41) is 2.61. The van der Waals surface area contributed by atoms with Crippen molar-refractivity contribution in [2.45, 2.75) is 24.2 Å². The van der Waals surface area contributed by atoms with Crippen molar-refractivity contribution in [3.8, 4) is 11.5 Å². The molecule has 0 atom stereocenters. The van der Waals surface area contributed by atoms with Crippen LogP contribution in [0, 0.1) is 0 Å². The van der Waals surface area contributed by atoms with Crippen LogP contribution in [0.1, 0.15) is 19.3 Å². The zero-order chi connectivity index (χ0) is 24.9. The van der Waals surface area contributed by atoms with Crippen LogP contribution in [0.4, 0.5) is 11.4 Å². The van der Waals surface area contributed by atoms with Gasteiger partial charge in [-0.3, -0.25) is 9.10 Å². The predicted octanol–water partition coefficient (Wildman–Crippen LogP) is 2.28. The van der Waals surface area contributed by atoms with E-state index in [1.165, 1.54) is 48.9 Å². The molecule has 34 heavy (non-hydrogen) atoms. The van der Waals surface area contributed by atoms with E-state index in [0.717, 1.165) is 29.8 Å². The molecule has 2 aromatic carbocycles. The molecule has 0 aromatic heterocycles. The lowest BCUT2D eigenvalue weighted by molar-refractivity contribution is -0.114. The summed E-state index contributed by atoms with van der Waals surface area (Å²) in [6.07, 6.45) is 3.67. The lowest BCUT2D eigenvalue weighted by atomic mass is 10.2. The summed E-state index contributed by atoms with van der Waals surface area (Å²) in [6, 6.07) is 10.4. The second-order valence-electron chi connectivity index (χ2n) is 7.84. The Morgan fingerprint density at radius 3 is 2.18 bits per heavy atom. The number of nitrogens with zero attached hydrogens (tertiary/aromatic N) is 2. The molecule has 0 spiro atoms. The van der Waals surface area contributed by atoms with Crippen LogP contribution in [-0.4, -0.2) is 67.2 Å². The van der Waals surface area contributed by atoms with Gasteiger partial charge in [-0.25, -0.2) is 16.8 Å². The summed E-state index contributed by atoms with van der Waals surface area (Å²) >= 11 is 0. The molecule has 2 aromatic rings. The molecule has 186 valence electrons. The minimum atomic E-state index is -3.85. The SMILES string of the molecule is COc1ccc(OC)c(N(CC(=O)Nc2ccc(S(=O)(=O)N3CCCCC3)cc2)S(C)(=O)=O)c1. The number of ether oxygens (including phenoxy) is 2. The van der Waals surface area contributed by atoms with Crippen molar-refractivity contribution in [3.05, 3.63) is 42.5 Å². The number of piperidine rings is 1. The lowest BCUT2D eigenvalue weighted by Gasteiger charge is -2.26. The molecular weight excluding hydrogens is 482 g/mol. The highest BCUT2D eigenvalue weighted by molar-refractivity contribution is 7.92. The topological polar surface area (TPSA) is 122 Å². The van der Waals surface area contributed by atoms with E-state index in [1.807, 2.05) is 0 Å². The fourth-order valence-corrected chi connectivity index (χ4v) is 6.04. The molecule has 1 saturated heterocycles. The van der Waals surface area contributed by atoms with Gasteiger partial charge in [-0.05, 0) is 49.2 Å². The van der Waals surface area contributed by atoms with Crippen LogP contribution in [0.2, 0.25) is 0 Å². The molecule has 10 nitrogen and oxygen atoms in total. The summed E-state index contributed by atoms with van der Waals surface area (Å²) in [5.74, 6) is 0.0450. The predicted molar refractivity (Wildman–Crippen MR) is 129 cm³/mol. The molecule has 0 bridgehead atoms. The first-order chi connectivity index (χ1) is 16.1. The van der Waals surface area contributed by atoms with Gasteiger partial charge in [0.05, 0.1) is 31.1 Å². The third-order valence-corrected chi connectivity index (χ3v) is 8.47. The van der Waals surface area contributed by atoms with Crippen molar-refractivity contribution in [2.75, 3.05) is 49.7 Å². The average Bonchev–Trinajstić information content (AvgIpc) is 2.82. The Kier molecular flexibility index (Phi) is 8.05. The smallest absolute Gasteiger partial charge is 0.245 e. The zero-order valence-corrected chi connectivity index (χ0v) is 21.0. The molecule has 1 N–H and O–H groups in total. The van der Waals surface area contributed by atoms with E-state index in [4.69, 9.17) is 9.47 Å². The maximum atomic E-state index is 12.8. The van der Waals surface area contributed by atoms with Crippen molar-refractivity contribution in [3.63, 3.8) is 0 Å². The number of anilines is 2. The quantitative estimate of drug-likeness (QED) is 0.548. The number of sulfonamides is 2. The number of benzene rings is 2. The highest BCUT2D eigenvalue weighted by Gasteiger charge is 2.27. The number of amides is 1. The van der Waals surface area contributed by atoms with Crippen molar-refractivity contribution in [2.24, 2.45) is 0 Å². The van der Waals surface area contributed by atoms with E-state index in [2.05, 4.69) is 5.32 Å². The first kappa shape index (κ1) is 25.8. The molecule has 0 radical (unpaired) electrons. The summed E-state index contributed by atoms with van der Waals surface area (Å²) in [4.78, 5) is 12.9. The molecule has 1 aliphatic heterocycles. The molecule has 1 fully saturated rings. The van der Waals surface area contributed by atoms with Gasteiger partial charge < -0.3 is 14.8 Å². The third kappa shape index (κ3) is 5.99. The summed E-state index contributed by atoms with van der Waals surface area (Å²) in [5.41, 5.74) is 0.496. The van der Waals surface area contributed by atoms with E-state index < -0.39 is 32.5 Å². The van der Waals surface area contributed by atoms with Gasteiger partial charge in [-0.1, -0.05) is 6.42 Å². The zero-order valence-electron chi connectivity index (χ0n) is 19.4. The standard InChI is InChI=1S/C22H29N3O7S2/c1-31-18-9-12-21(32-2)20(15-18)25(33(3,27)28)16-22(26)23-17-7-10-19(11-8-17)34(29,30)24-13-5-4-6-14-24/h7-12,15H,4-6,13-14,16H2,1-3H3,(H,23,26). The highest BCUT2D eigenvalue weighted by atomic mass is 32.2. The van der Waals surface area contributed by atoms with Crippen LogP contribution in [0.15, 0.2) is 47.4 Å². The molecule has 3 rings (SSSR count). The van der Waals surface area contributed by atoms with Crippen LogP contribution in [0.5, 0.6) is 11.5 Å². The largest absolute Gasteiger partial charge is 0.497 e. The second kappa shape index (κ2) is 10.6. The Hall–Kier alpha value is -2.83. The van der Waals surface area contributed by atoms with Crippen molar-refractivity contribution < 1.29 is 31.1 Å². The van der Waals surface area contributed by atoms with Crippen LogP contribution < -0.4 is 19.1 Å². The van der Waals surface area contributed by atoms with Gasteiger partial charge in [0.25, 0.3) is 0 Å². The maximum Gasteiger partial charge on any atom is 0.245 e. The maximum absolute atomic E-state index is 12.8. The minimum absolute atomic E-state index is 0.145. The van der Waals surface area contributed by atoms with Gasteiger partial charge in [0.1, 0.15) is 18.0 Å². The number of rotatable bonds is 9. The van der Waals surface area contributed by atoms with Crippen LogP contribution in [-0.2, 0) is 24.8 Å². The second-order valence-corrected chi connectivity index (χ2v) is 11.7. The first-order valence-corrected chi connectivity index (χ1v) is 13.9. The van der Waals surface area contributed by atoms with E-state index in [9.17, 15) is 21.6 Å². The van der Waals surface area contributed by atoms with Gasteiger partial charge in [-0.15, -0.1) is 0 Å². The normalized spacial score (nSPS) is 14.9. The number of nitrogens with one attached hydrogen (secondary N) is 1. The molecule has 0 saturated carbocycles. The monoisotopic (exact) mass is 511 g/mol. The van der Waals surface area contributed by atoms with Crippen LogP contribution in [0.25, 0.3) is 0 Å². The number of hydrogen-bond donors (Lipinski definition) is 1. The Morgan fingerprint density at radius 1 is 0.971 bits per heavy atom. The van der Waals surface area contributed by atoms with E-state index in [-0.39, 0.29) is 16.3 Å². The van der Waals surface area contributed by atoms with Gasteiger partial charge in [0.2, 0.25) is 26.0 Å². The number of methoxy groups -OCH3 is 2. The number of carbonyl (C=O) groups is 1. The first-order valence-electron chi connectivity index (χ1n) is 10.7. The van der Waals surface area contributed by atoms with Gasteiger partial charge in [0, 0.05) is 24.8 Å². The summed E-state index contributed by atoms with van der Waals surface area (Å²) in [6.45, 7) is 0.474. The average molecular weight is 512 g/mol. The van der Waals surface area contributed by atoms with Crippen molar-refractivity contribution in [1.29, 1.82) is 0 Å². The molecule has 12 heteroatoms. The fourth-order valence-electron chi connectivity index (χ4n) is 3.67. The van der Waals surface area contributed by atoms with E-state index in [1.54, 1.807) is 12.1 Å². The van der Waals surface area contributed by atoms with Crippen LogP contribution >= 0.6 is 0 Å². The lowest BCUT2D eigenvalue weighted by Crippen LogP contribution is -2.37. The summed E-state index contributed by atoms with van der Waals surface area (Å²) in [7, 11) is -4.60. The van der Waals surface area contributed by atoms with E-state index >= 15 is 0 Å². The van der Waals surface area contributed by atoms with E-state index in [0.29, 0.717) is 24.5 Å². The van der Waals surface area contributed by atoms with Gasteiger partial charge >= 0.3 is 0 Å². The number of hydrogen-bond acceptors (Lipinski definition) is 7. The molecule has 1 heterocycles. The Morgan fingerprint density at radius 2 is 1.62 bits per heavy atom. The molecular formula is C22H29N3O7S2. The van der Waals surface area contributed by atoms with Crippen molar-refractivity contribution >= 4 is 37.3 Å². The number of carbonyl (C=O) groups excluding carboxylic acids is 1. The Labute approximate surface area is 200 Å². The molecule has 1 amide bonds. The highest BCUT2D eigenvalue weighted by Crippen LogP contribution is 2.33. The molecule has 0 aliphatic carbocycles. The van der Waals surface area contributed by atoms with Crippen molar-refractivity contribution in [1.82, 2.24) is 4.31 Å². The summed E-state index contributed by atoms with van der Waals surface area (Å²) < 4.78 is 63.3. The van der Waals surface area contributed by atoms with Gasteiger partial charge in [0.15, 0.2) is 0 Å². The van der Waals surface area contributed by atoms with Crippen LogP contribution in [0.3, 0.4) is 0 Å². The molecule has 0 unspecified atom stereocenters. The molecule has 1 aliphatic rings. The minimum Gasteiger partial charge on any atom is -0.497 e. The van der Waals surface area contributed by atoms with Gasteiger partial charge in [-0.2, -0.15) is 4.31 Å². The fraction of sp³-hybridized carbons (Fsp3) is 0.409. The Bertz CT molecular complexity index is 1220. The third-order valence-electron chi connectivity index (χ3n) is 5.43. The Balaban J connectivity index is 1.77.